The Morgan fingerprint density at radius 3 is 2.56 bits per heavy atom. The zero-order chi connectivity index (χ0) is 19.4. The van der Waals surface area contributed by atoms with Crippen LogP contribution >= 0.6 is 23.2 Å². The van der Waals surface area contributed by atoms with Crippen molar-refractivity contribution in [3.8, 4) is 5.82 Å². The normalized spacial score (nSPS) is 11.5. The standard InChI is InChI=1S/C16H16Cl2N6O2S/c1-11-6-9-24(23-11)16-5-4-15(21-22-16)19-7-8-20-27(25,26)14-10-12(17)2-3-13(14)18/h2-6,9-10,20H,7-8H2,1H3,(H,19,21). The molecule has 0 unspecified atom stereocenters. The monoisotopic (exact) mass is 426 g/mol. The van der Waals surface area contributed by atoms with E-state index in [1.165, 1.54) is 18.2 Å². The third kappa shape index (κ3) is 4.95. The van der Waals surface area contributed by atoms with Crippen LogP contribution in [0.5, 0.6) is 0 Å². The minimum atomic E-state index is -3.76. The molecule has 0 atom stereocenters. The smallest absolute Gasteiger partial charge is 0.242 e. The number of hydrogen-bond acceptors (Lipinski definition) is 6. The Labute approximate surface area is 166 Å². The van der Waals surface area contributed by atoms with E-state index in [1.54, 1.807) is 23.0 Å². The van der Waals surface area contributed by atoms with E-state index in [2.05, 4.69) is 25.3 Å². The maximum Gasteiger partial charge on any atom is 0.242 e. The van der Waals surface area contributed by atoms with Gasteiger partial charge >= 0.3 is 0 Å². The number of halogens is 2. The lowest BCUT2D eigenvalue weighted by Gasteiger charge is -2.10. The van der Waals surface area contributed by atoms with Crippen molar-refractivity contribution in [3.05, 3.63) is 58.3 Å². The predicted molar refractivity (Wildman–Crippen MR) is 104 cm³/mol. The van der Waals surface area contributed by atoms with Crippen LogP contribution < -0.4 is 10.0 Å². The molecule has 0 saturated heterocycles. The largest absolute Gasteiger partial charge is 0.367 e. The summed E-state index contributed by atoms with van der Waals surface area (Å²) >= 11 is 11.8. The molecule has 2 aromatic heterocycles. The summed E-state index contributed by atoms with van der Waals surface area (Å²) in [6, 6.07) is 9.64. The molecule has 27 heavy (non-hydrogen) atoms. The quantitative estimate of drug-likeness (QED) is 0.563. The van der Waals surface area contributed by atoms with Crippen LogP contribution in [0.25, 0.3) is 5.82 Å². The summed E-state index contributed by atoms with van der Waals surface area (Å²) in [5.74, 6) is 1.10. The maximum absolute atomic E-state index is 12.3. The Morgan fingerprint density at radius 2 is 1.89 bits per heavy atom. The van der Waals surface area contributed by atoms with E-state index in [0.717, 1.165) is 5.69 Å². The third-order valence-electron chi connectivity index (χ3n) is 3.51. The van der Waals surface area contributed by atoms with Crippen molar-refractivity contribution in [3.63, 3.8) is 0 Å². The number of aromatic nitrogens is 4. The number of nitrogens with zero attached hydrogens (tertiary/aromatic N) is 4. The number of rotatable bonds is 7. The van der Waals surface area contributed by atoms with Crippen LogP contribution in [0.4, 0.5) is 5.82 Å². The van der Waals surface area contributed by atoms with Gasteiger partial charge in [-0.3, -0.25) is 0 Å². The minimum absolute atomic E-state index is 0.0599. The number of anilines is 1. The number of benzene rings is 1. The highest BCUT2D eigenvalue weighted by atomic mass is 35.5. The Hall–Kier alpha value is -2.20. The van der Waals surface area contributed by atoms with Gasteiger partial charge in [0.05, 0.1) is 10.7 Å². The fourth-order valence-electron chi connectivity index (χ4n) is 2.22. The van der Waals surface area contributed by atoms with Gasteiger partial charge in [0, 0.05) is 24.3 Å². The first-order valence-electron chi connectivity index (χ1n) is 7.90. The summed E-state index contributed by atoms with van der Waals surface area (Å²) < 4.78 is 28.7. The van der Waals surface area contributed by atoms with Crippen LogP contribution in [0, 0.1) is 6.92 Å². The maximum atomic E-state index is 12.3. The van der Waals surface area contributed by atoms with E-state index in [9.17, 15) is 8.42 Å². The number of sulfonamides is 1. The van der Waals surface area contributed by atoms with Gasteiger partial charge in [0.25, 0.3) is 0 Å². The zero-order valence-corrected chi connectivity index (χ0v) is 16.6. The van der Waals surface area contributed by atoms with Gasteiger partial charge in [0.1, 0.15) is 10.7 Å². The first-order valence-corrected chi connectivity index (χ1v) is 10.1. The molecule has 0 aliphatic heterocycles. The Kier molecular flexibility index (Phi) is 5.95. The van der Waals surface area contributed by atoms with Crippen LogP contribution in [0.2, 0.25) is 10.0 Å². The molecule has 8 nitrogen and oxygen atoms in total. The SMILES string of the molecule is Cc1ccn(-c2ccc(NCCNS(=O)(=O)c3cc(Cl)ccc3Cl)nn2)n1. The molecule has 0 radical (unpaired) electrons. The highest BCUT2D eigenvalue weighted by Gasteiger charge is 2.17. The lowest BCUT2D eigenvalue weighted by Crippen LogP contribution is -2.29. The lowest BCUT2D eigenvalue weighted by molar-refractivity contribution is 0.583. The van der Waals surface area contributed by atoms with E-state index in [1.807, 2.05) is 13.0 Å². The van der Waals surface area contributed by atoms with Crippen molar-refractivity contribution >= 4 is 39.0 Å². The lowest BCUT2D eigenvalue weighted by atomic mass is 10.4. The molecule has 1 aromatic carbocycles. The number of aryl methyl sites for hydroxylation is 1. The van der Waals surface area contributed by atoms with Gasteiger partial charge in [-0.2, -0.15) is 5.10 Å². The van der Waals surface area contributed by atoms with E-state index < -0.39 is 10.0 Å². The van der Waals surface area contributed by atoms with Gasteiger partial charge in [-0.15, -0.1) is 10.2 Å². The van der Waals surface area contributed by atoms with Gasteiger partial charge in [0.15, 0.2) is 5.82 Å². The minimum Gasteiger partial charge on any atom is -0.367 e. The highest BCUT2D eigenvalue weighted by molar-refractivity contribution is 7.89. The van der Waals surface area contributed by atoms with Gasteiger partial charge < -0.3 is 5.32 Å². The predicted octanol–water partition coefficient (Wildman–Crippen LogP) is 2.67. The van der Waals surface area contributed by atoms with Crippen molar-refractivity contribution in [2.75, 3.05) is 18.4 Å². The van der Waals surface area contributed by atoms with E-state index in [0.29, 0.717) is 23.2 Å². The summed E-state index contributed by atoms with van der Waals surface area (Å²) in [5.41, 5.74) is 0.881. The van der Waals surface area contributed by atoms with Crippen molar-refractivity contribution in [2.24, 2.45) is 0 Å². The average Bonchev–Trinajstić information content (AvgIpc) is 3.07. The topological polar surface area (TPSA) is 102 Å². The molecule has 2 N–H and O–H groups in total. The van der Waals surface area contributed by atoms with Crippen LogP contribution in [0.3, 0.4) is 0 Å². The Bertz CT molecular complexity index is 1040. The van der Waals surface area contributed by atoms with Crippen LogP contribution in [0.1, 0.15) is 5.69 Å². The summed E-state index contributed by atoms with van der Waals surface area (Å²) in [6.45, 7) is 2.33. The molecule has 0 spiro atoms. The van der Waals surface area contributed by atoms with Gasteiger partial charge in [0.2, 0.25) is 10.0 Å². The summed E-state index contributed by atoms with van der Waals surface area (Å²) in [4.78, 5) is -0.0599. The average molecular weight is 427 g/mol. The second-order valence-corrected chi connectivity index (χ2v) is 8.16. The van der Waals surface area contributed by atoms with Gasteiger partial charge in [-0.1, -0.05) is 23.2 Å². The van der Waals surface area contributed by atoms with Crippen molar-refractivity contribution < 1.29 is 8.42 Å². The molecule has 3 rings (SSSR count). The van der Waals surface area contributed by atoms with Crippen LogP contribution in [-0.4, -0.2) is 41.5 Å². The molecule has 0 bridgehead atoms. The molecule has 0 saturated carbocycles. The molecule has 0 aliphatic rings. The molecule has 0 aliphatic carbocycles. The molecule has 0 amide bonds. The Balaban J connectivity index is 1.54. The number of nitrogens with one attached hydrogen (secondary N) is 2. The second kappa shape index (κ2) is 8.22. The summed E-state index contributed by atoms with van der Waals surface area (Å²) in [5, 5.41) is 15.8. The molecule has 3 aromatic rings. The zero-order valence-electron chi connectivity index (χ0n) is 14.2. The first kappa shape index (κ1) is 19.6. The number of hydrogen-bond donors (Lipinski definition) is 2. The first-order chi connectivity index (χ1) is 12.8. The fraction of sp³-hybridized carbons (Fsp3) is 0.188. The Morgan fingerprint density at radius 1 is 1.07 bits per heavy atom. The second-order valence-electron chi connectivity index (χ2n) is 5.58. The van der Waals surface area contributed by atoms with E-state index >= 15 is 0 Å². The molecule has 142 valence electrons. The fourth-order valence-corrected chi connectivity index (χ4v) is 4.01. The molecule has 11 heteroatoms. The van der Waals surface area contributed by atoms with Gasteiger partial charge in [-0.25, -0.2) is 17.8 Å². The third-order valence-corrected chi connectivity index (χ3v) is 5.69. The summed E-state index contributed by atoms with van der Waals surface area (Å²) in [6.07, 6.45) is 1.79. The van der Waals surface area contributed by atoms with Crippen molar-refractivity contribution in [1.29, 1.82) is 0 Å². The summed E-state index contributed by atoms with van der Waals surface area (Å²) in [7, 11) is -3.76. The van der Waals surface area contributed by atoms with Gasteiger partial charge in [-0.05, 0) is 43.3 Å². The van der Waals surface area contributed by atoms with E-state index in [4.69, 9.17) is 23.2 Å². The molecule has 0 fully saturated rings. The molecular weight excluding hydrogens is 411 g/mol. The molecule has 2 heterocycles. The van der Waals surface area contributed by atoms with Crippen molar-refractivity contribution in [2.45, 2.75) is 11.8 Å². The van der Waals surface area contributed by atoms with E-state index in [-0.39, 0.29) is 16.5 Å². The van der Waals surface area contributed by atoms with Crippen LogP contribution in [-0.2, 0) is 10.0 Å². The van der Waals surface area contributed by atoms with Crippen LogP contribution in [0.15, 0.2) is 47.5 Å². The highest BCUT2D eigenvalue weighted by Crippen LogP contribution is 2.24. The van der Waals surface area contributed by atoms with Crippen molar-refractivity contribution in [1.82, 2.24) is 24.7 Å². The molecular formula is C16H16Cl2N6O2S.